The maximum absolute atomic E-state index is 12.2. The average molecular weight is 510 g/mol. The molecule has 1 amide bonds. The quantitative estimate of drug-likeness (QED) is 0.302. The molecule has 0 radical (unpaired) electrons. The number of carbonyl (C=O) groups excluding carboxylic acids is 1. The van der Waals surface area contributed by atoms with Gasteiger partial charge in [-0.05, 0) is 84.9 Å². The minimum absolute atomic E-state index is 0.109. The van der Waals surface area contributed by atoms with Gasteiger partial charge in [-0.25, -0.2) is 0 Å². The number of hydrogen-bond donors (Lipinski definition) is 3. The first-order valence-electron chi connectivity index (χ1n) is 12.8. The number of carbonyl (C=O) groups is 2. The van der Waals surface area contributed by atoms with Gasteiger partial charge in [0.05, 0.1) is 6.10 Å². The molecule has 0 saturated heterocycles. The summed E-state index contributed by atoms with van der Waals surface area (Å²) in [5, 5.41) is 22.2. The van der Waals surface area contributed by atoms with Crippen LogP contribution in [0.5, 0.6) is 5.75 Å². The van der Waals surface area contributed by atoms with Crippen molar-refractivity contribution in [1.29, 1.82) is 0 Å². The summed E-state index contributed by atoms with van der Waals surface area (Å²) < 4.78 is 11.6. The van der Waals surface area contributed by atoms with E-state index in [9.17, 15) is 14.7 Å². The minimum Gasteiger partial charge on any atom is -0.491 e. The average Bonchev–Trinajstić information content (AvgIpc) is 3.26. The molecule has 0 aliphatic rings. The molecular formula is C30H39NO6. The predicted octanol–water partition coefficient (Wildman–Crippen LogP) is 5.78. The number of benzene rings is 2. The molecule has 2 aromatic carbocycles. The van der Waals surface area contributed by atoms with Crippen molar-refractivity contribution in [3.05, 3.63) is 64.4 Å². The second-order valence-electron chi connectivity index (χ2n) is 10.9. The van der Waals surface area contributed by atoms with Gasteiger partial charge in [-0.15, -0.1) is 0 Å². The number of aliphatic hydroxyl groups excluding tert-OH is 1. The lowest BCUT2D eigenvalue weighted by Crippen LogP contribution is -2.32. The van der Waals surface area contributed by atoms with Crippen LogP contribution in [0.2, 0.25) is 0 Å². The van der Waals surface area contributed by atoms with E-state index in [-0.39, 0.29) is 17.8 Å². The summed E-state index contributed by atoms with van der Waals surface area (Å²) in [4.78, 5) is 23.0. The van der Waals surface area contributed by atoms with Crippen molar-refractivity contribution in [3.63, 3.8) is 0 Å². The highest BCUT2D eigenvalue weighted by molar-refractivity contribution is 5.97. The van der Waals surface area contributed by atoms with Gasteiger partial charge in [-0.3, -0.25) is 9.59 Å². The van der Waals surface area contributed by atoms with Gasteiger partial charge in [0.25, 0.3) is 5.91 Å². The van der Waals surface area contributed by atoms with E-state index in [1.807, 2.05) is 40.7 Å². The predicted molar refractivity (Wildman–Crippen MR) is 144 cm³/mol. The fourth-order valence-electron chi connectivity index (χ4n) is 4.34. The van der Waals surface area contributed by atoms with Crippen molar-refractivity contribution < 1.29 is 29.0 Å². The van der Waals surface area contributed by atoms with Gasteiger partial charge in [0, 0.05) is 5.39 Å². The Bertz CT molecular complexity index is 1250. The van der Waals surface area contributed by atoms with E-state index in [2.05, 4.69) is 36.5 Å². The van der Waals surface area contributed by atoms with Crippen LogP contribution < -0.4 is 10.1 Å². The second-order valence-corrected chi connectivity index (χ2v) is 10.9. The number of aliphatic carboxylic acids is 1. The van der Waals surface area contributed by atoms with Gasteiger partial charge in [0.1, 0.15) is 24.5 Å². The number of hydrogen-bond acceptors (Lipinski definition) is 5. The van der Waals surface area contributed by atoms with Crippen molar-refractivity contribution in [2.75, 3.05) is 13.2 Å². The highest BCUT2D eigenvalue weighted by Crippen LogP contribution is 2.32. The van der Waals surface area contributed by atoms with E-state index in [1.54, 1.807) is 6.07 Å². The molecule has 2 atom stereocenters. The number of rotatable bonds is 11. The molecule has 0 spiro atoms. The number of furan rings is 1. The van der Waals surface area contributed by atoms with Crippen LogP contribution in [0.25, 0.3) is 11.0 Å². The fraction of sp³-hybridized carbons (Fsp3) is 0.467. The smallest absolute Gasteiger partial charge is 0.322 e. The number of ether oxygens (including phenoxy) is 1. The third-order valence-corrected chi connectivity index (χ3v) is 6.83. The van der Waals surface area contributed by atoms with Crippen LogP contribution in [0.3, 0.4) is 0 Å². The zero-order valence-corrected chi connectivity index (χ0v) is 22.7. The molecule has 200 valence electrons. The Kier molecular flexibility index (Phi) is 9.02. The lowest BCUT2D eigenvalue weighted by atomic mass is 9.88. The SMILES string of the molecule is CCC(CCc1ccc(OCC(O)C(C)(C)C)c(C)c1)c1cc(C)c2oc(C(=O)NCC(=O)O)cc2c1. The first kappa shape index (κ1) is 28.3. The van der Waals surface area contributed by atoms with E-state index in [0.717, 1.165) is 41.5 Å². The van der Waals surface area contributed by atoms with Crippen LogP contribution in [-0.2, 0) is 11.2 Å². The molecule has 37 heavy (non-hydrogen) atoms. The summed E-state index contributed by atoms with van der Waals surface area (Å²) in [6, 6.07) is 12.1. The number of amides is 1. The number of aliphatic hydroxyl groups is 1. The topological polar surface area (TPSA) is 109 Å². The third-order valence-electron chi connectivity index (χ3n) is 6.83. The van der Waals surface area contributed by atoms with Crippen LogP contribution in [0, 0.1) is 19.3 Å². The zero-order chi connectivity index (χ0) is 27.3. The molecule has 0 saturated carbocycles. The van der Waals surface area contributed by atoms with Crippen molar-refractivity contribution in [1.82, 2.24) is 5.32 Å². The Hall–Kier alpha value is -3.32. The molecule has 7 nitrogen and oxygen atoms in total. The van der Waals surface area contributed by atoms with Crippen molar-refractivity contribution >= 4 is 22.8 Å². The summed E-state index contributed by atoms with van der Waals surface area (Å²) in [6.45, 7) is 11.9. The summed E-state index contributed by atoms with van der Waals surface area (Å²) in [5.74, 6) is -0.408. The number of carboxylic acids is 1. The number of nitrogens with one attached hydrogen (secondary N) is 1. The largest absolute Gasteiger partial charge is 0.491 e. The third kappa shape index (κ3) is 7.35. The molecule has 3 N–H and O–H groups in total. The van der Waals surface area contributed by atoms with Gasteiger partial charge >= 0.3 is 5.97 Å². The maximum atomic E-state index is 12.2. The highest BCUT2D eigenvalue weighted by Gasteiger charge is 2.23. The fourth-order valence-corrected chi connectivity index (χ4v) is 4.34. The van der Waals surface area contributed by atoms with E-state index < -0.39 is 24.5 Å². The molecule has 0 fully saturated rings. The van der Waals surface area contributed by atoms with Crippen LogP contribution >= 0.6 is 0 Å². The second kappa shape index (κ2) is 11.8. The molecule has 0 aliphatic heterocycles. The van der Waals surface area contributed by atoms with Crippen LogP contribution in [0.4, 0.5) is 0 Å². The van der Waals surface area contributed by atoms with Gasteiger partial charge in [0.15, 0.2) is 5.76 Å². The summed E-state index contributed by atoms with van der Waals surface area (Å²) >= 11 is 0. The van der Waals surface area contributed by atoms with Gasteiger partial charge in [0.2, 0.25) is 0 Å². The Morgan fingerprint density at radius 1 is 1.08 bits per heavy atom. The van der Waals surface area contributed by atoms with E-state index in [4.69, 9.17) is 14.3 Å². The number of carboxylic acid groups (broad SMARTS) is 1. The van der Waals surface area contributed by atoms with Gasteiger partial charge in [-0.2, -0.15) is 0 Å². The molecule has 1 aromatic heterocycles. The standard InChI is InChI=1S/C30H39NO6/c1-7-21(10-8-20-9-11-24(18(2)12-20)36-17-26(32)30(4,5)6)22-13-19(3)28-23(14-22)15-25(37-28)29(35)31-16-27(33)34/h9,11-15,21,26,32H,7-8,10,16-17H2,1-6H3,(H,31,35)(H,33,34). The zero-order valence-electron chi connectivity index (χ0n) is 22.7. The molecule has 7 heteroatoms. The summed E-state index contributed by atoms with van der Waals surface area (Å²) in [7, 11) is 0. The molecule has 0 bridgehead atoms. The van der Waals surface area contributed by atoms with Crippen LogP contribution in [0.1, 0.15) is 79.3 Å². The lowest BCUT2D eigenvalue weighted by Gasteiger charge is -2.26. The summed E-state index contributed by atoms with van der Waals surface area (Å²) in [6.07, 6.45) is 2.31. The van der Waals surface area contributed by atoms with Crippen molar-refractivity contribution in [2.45, 2.75) is 72.8 Å². The molecule has 1 heterocycles. The molecular weight excluding hydrogens is 470 g/mol. The Morgan fingerprint density at radius 3 is 2.43 bits per heavy atom. The van der Waals surface area contributed by atoms with E-state index in [0.29, 0.717) is 11.5 Å². The Labute approximate surface area is 218 Å². The molecule has 3 aromatic rings. The van der Waals surface area contributed by atoms with Crippen molar-refractivity contribution in [3.8, 4) is 5.75 Å². The number of fused-ring (bicyclic) bond motifs is 1. The molecule has 0 aliphatic carbocycles. The van der Waals surface area contributed by atoms with Gasteiger partial charge in [-0.1, -0.05) is 45.9 Å². The lowest BCUT2D eigenvalue weighted by molar-refractivity contribution is -0.135. The minimum atomic E-state index is -1.11. The van der Waals surface area contributed by atoms with E-state index in [1.165, 1.54) is 11.1 Å². The number of aryl methyl sites for hydroxylation is 3. The van der Waals surface area contributed by atoms with E-state index >= 15 is 0 Å². The highest BCUT2D eigenvalue weighted by atomic mass is 16.5. The first-order valence-corrected chi connectivity index (χ1v) is 12.8. The molecule has 2 unspecified atom stereocenters. The monoisotopic (exact) mass is 509 g/mol. The Morgan fingerprint density at radius 2 is 1.81 bits per heavy atom. The van der Waals surface area contributed by atoms with Crippen molar-refractivity contribution in [2.24, 2.45) is 5.41 Å². The van der Waals surface area contributed by atoms with Gasteiger partial charge < -0.3 is 24.7 Å². The maximum Gasteiger partial charge on any atom is 0.322 e. The molecule has 3 rings (SSSR count). The summed E-state index contributed by atoms with van der Waals surface area (Å²) in [5.41, 5.74) is 4.84. The Balaban J connectivity index is 1.69. The van der Waals surface area contributed by atoms with Crippen LogP contribution in [0.15, 0.2) is 40.8 Å². The first-order chi connectivity index (χ1) is 17.4. The van der Waals surface area contributed by atoms with Crippen LogP contribution in [-0.4, -0.2) is 41.3 Å². The normalized spacial score (nSPS) is 13.4.